The summed E-state index contributed by atoms with van der Waals surface area (Å²) in [7, 11) is 0. The standard InChI is InChI=1S/C28H28N2O2/c1-3-8-26-25(19-20-11-13-22(14-12-20)21-9-6-5-7-10-21)28(32)30(27(4-2)29-26)23-15-17-24(31)18-16-23/h5-7,9-18,31H,3-4,8,19H2,1-2H3. The topological polar surface area (TPSA) is 55.1 Å². The molecule has 3 aromatic carbocycles. The molecule has 32 heavy (non-hydrogen) atoms. The van der Waals surface area contributed by atoms with E-state index in [-0.39, 0.29) is 11.3 Å². The zero-order valence-corrected chi connectivity index (χ0v) is 18.6. The first-order chi connectivity index (χ1) is 15.6. The Bertz CT molecular complexity index is 1240. The van der Waals surface area contributed by atoms with E-state index in [1.54, 1.807) is 28.8 Å². The van der Waals surface area contributed by atoms with E-state index in [0.29, 0.717) is 12.8 Å². The van der Waals surface area contributed by atoms with Gasteiger partial charge in [-0.25, -0.2) is 4.98 Å². The second-order valence-electron chi connectivity index (χ2n) is 7.95. The van der Waals surface area contributed by atoms with Crippen molar-refractivity contribution in [3.63, 3.8) is 0 Å². The number of aromatic nitrogens is 2. The zero-order valence-electron chi connectivity index (χ0n) is 18.6. The smallest absolute Gasteiger partial charge is 0.261 e. The third-order valence-corrected chi connectivity index (χ3v) is 5.68. The van der Waals surface area contributed by atoms with Crippen LogP contribution in [0.15, 0.2) is 83.7 Å². The van der Waals surface area contributed by atoms with Crippen LogP contribution in [0.2, 0.25) is 0 Å². The van der Waals surface area contributed by atoms with Crippen molar-refractivity contribution in [1.29, 1.82) is 0 Å². The Balaban J connectivity index is 1.76. The maximum absolute atomic E-state index is 13.7. The number of hydrogen-bond acceptors (Lipinski definition) is 3. The highest BCUT2D eigenvalue weighted by Crippen LogP contribution is 2.22. The molecule has 0 spiro atoms. The van der Waals surface area contributed by atoms with E-state index in [9.17, 15) is 9.90 Å². The first kappa shape index (κ1) is 21.6. The summed E-state index contributed by atoms with van der Waals surface area (Å²) < 4.78 is 1.69. The molecule has 0 amide bonds. The van der Waals surface area contributed by atoms with Crippen LogP contribution < -0.4 is 5.56 Å². The predicted molar refractivity (Wildman–Crippen MR) is 130 cm³/mol. The molecule has 0 saturated heterocycles. The molecule has 1 N–H and O–H groups in total. The van der Waals surface area contributed by atoms with E-state index >= 15 is 0 Å². The highest BCUT2D eigenvalue weighted by molar-refractivity contribution is 5.63. The number of hydrogen-bond donors (Lipinski definition) is 1. The lowest BCUT2D eigenvalue weighted by Crippen LogP contribution is -2.29. The maximum atomic E-state index is 13.7. The SMILES string of the molecule is CCCc1nc(CC)n(-c2ccc(O)cc2)c(=O)c1Cc1ccc(-c2ccccc2)cc1. The fourth-order valence-electron chi connectivity index (χ4n) is 4.03. The molecule has 4 rings (SSSR count). The Morgan fingerprint density at radius 3 is 2.12 bits per heavy atom. The molecule has 4 aromatic rings. The van der Waals surface area contributed by atoms with Crippen LogP contribution in [0.4, 0.5) is 0 Å². The number of aryl methyl sites for hydroxylation is 2. The summed E-state index contributed by atoms with van der Waals surface area (Å²) in [6.45, 7) is 4.12. The number of nitrogens with zero attached hydrogens (tertiary/aromatic N) is 2. The summed E-state index contributed by atoms with van der Waals surface area (Å²) in [6.07, 6.45) is 2.89. The Hall–Kier alpha value is -3.66. The maximum Gasteiger partial charge on any atom is 0.261 e. The molecule has 1 aromatic heterocycles. The van der Waals surface area contributed by atoms with E-state index in [4.69, 9.17) is 4.98 Å². The number of phenolic OH excluding ortho intramolecular Hbond substituents is 1. The van der Waals surface area contributed by atoms with Gasteiger partial charge < -0.3 is 5.11 Å². The molecule has 0 saturated carbocycles. The van der Waals surface area contributed by atoms with Gasteiger partial charge in [0.1, 0.15) is 11.6 Å². The molecule has 4 nitrogen and oxygen atoms in total. The first-order valence-electron chi connectivity index (χ1n) is 11.2. The normalized spacial score (nSPS) is 10.9. The molecule has 0 fully saturated rings. The number of rotatable bonds is 7. The quantitative estimate of drug-likeness (QED) is 0.413. The number of benzene rings is 3. The minimum absolute atomic E-state index is 0.0295. The van der Waals surface area contributed by atoms with Gasteiger partial charge in [-0.2, -0.15) is 0 Å². The van der Waals surface area contributed by atoms with Crippen molar-refractivity contribution in [3.8, 4) is 22.6 Å². The molecule has 0 unspecified atom stereocenters. The number of aromatic hydroxyl groups is 1. The Labute approximate surface area is 188 Å². The van der Waals surface area contributed by atoms with E-state index in [0.717, 1.165) is 46.7 Å². The molecule has 4 heteroatoms. The van der Waals surface area contributed by atoms with Crippen LogP contribution in [0.5, 0.6) is 5.75 Å². The summed E-state index contributed by atoms with van der Waals surface area (Å²) in [5.41, 5.74) is 5.74. The van der Waals surface area contributed by atoms with E-state index in [2.05, 4.69) is 43.3 Å². The second kappa shape index (κ2) is 9.65. The van der Waals surface area contributed by atoms with Crippen LogP contribution in [0.1, 0.15) is 42.9 Å². The van der Waals surface area contributed by atoms with Gasteiger partial charge in [0.2, 0.25) is 0 Å². The molecule has 0 aliphatic heterocycles. The van der Waals surface area contributed by atoms with Gasteiger partial charge in [-0.1, -0.05) is 74.9 Å². The van der Waals surface area contributed by atoms with Crippen molar-refractivity contribution < 1.29 is 5.11 Å². The average molecular weight is 425 g/mol. The largest absolute Gasteiger partial charge is 0.508 e. The van der Waals surface area contributed by atoms with Crippen LogP contribution in [-0.4, -0.2) is 14.7 Å². The van der Waals surface area contributed by atoms with Gasteiger partial charge in [-0.3, -0.25) is 9.36 Å². The van der Waals surface area contributed by atoms with Gasteiger partial charge in [0.25, 0.3) is 5.56 Å². The first-order valence-corrected chi connectivity index (χ1v) is 11.2. The molecule has 0 bridgehead atoms. The monoisotopic (exact) mass is 424 g/mol. The van der Waals surface area contributed by atoms with Crippen LogP contribution in [-0.2, 0) is 19.3 Å². The molecule has 0 aliphatic rings. The molecule has 162 valence electrons. The van der Waals surface area contributed by atoms with Crippen molar-refractivity contribution in [1.82, 2.24) is 9.55 Å². The van der Waals surface area contributed by atoms with Gasteiger partial charge in [-0.05, 0) is 47.4 Å². The molecule has 0 atom stereocenters. The third-order valence-electron chi connectivity index (χ3n) is 5.68. The fourth-order valence-corrected chi connectivity index (χ4v) is 4.03. The lowest BCUT2D eigenvalue weighted by molar-refractivity contribution is 0.475. The second-order valence-corrected chi connectivity index (χ2v) is 7.95. The van der Waals surface area contributed by atoms with Crippen molar-refractivity contribution in [3.05, 3.63) is 112 Å². The summed E-state index contributed by atoms with van der Waals surface area (Å²) in [4.78, 5) is 18.6. The van der Waals surface area contributed by atoms with Gasteiger partial charge in [0, 0.05) is 18.4 Å². The third kappa shape index (κ3) is 4.50. The zero-order chi connectivity index (χ0) is 22.5. The van der Waals surface area contributed by atoms with E-state index < -0.39 is 0 Å². The summed E-state index contributed by atoms with van der Waals surface area (Å²) in [6, 6.07) is 25.4. The summed E-state index contributed by atoms with van der Waals surface area (Å²) in [5.74, 6) is 0.918. The van der Waals surface area contributed by atoms with Crippen LogP contribution >= 0.6 is 0 Å². The number of phenols is 1. The lowest BCUT2D eigenvalue weighted by Gasteiger charge is -2.17. The van der Waals surface area contributed by atoms with E-state index in [1.807, 2.05) is 25.1 Å². The molecular formula is C28H28N2O2. The lowest BCUT2D eigenvalue weighted by atomic mass is 9.99. The minimum Gasteiger partial charge on any atom is -0.508 e. The Morgan fingerprint density at radius 2 is 1.50 bits per heavy atom. The highest BCUT2D eigenvalue weighted by atomic mass is 16.3. The Kier molecular flexibility index (Phi) is 6.50. The average Bonchev–Trinajstić information content (AvgIpc) is 2.83. The summed E-state index contributed by atoms with van der Waals surface area (Å²) >= 11 is 0. The van der Waals surface area contributed by atoms with Crippen LogP contribution in [0.3, 0.4) is 0 Å². The molecule has 1 heterocycles. The van der Waals surface area contributed by atoms with Crippen molar-refractivity contribution >= 4 is 0 Å². The molecule has 0 radical (unpaired) electrons. The molecule has 0 aliphatic carbocycles. The molecular weight excluding hydrogens is 396 g/mol. The Morgan fingerprint density at radius 1 is 0.844 bits per heavy atom. The van der Waals surface area contributed by atoms with E-state index in [1.165, 1.54) is 5.56 Å². The van der Waals surface area contributed by atoms with Crippen LogP contribution in [0, 0.1) is 0 Å². The van der Waals surface area contributed by atoms with Gasteiger partial charge in [0.05, 0.1) is 11.4 Å². The van der Waals surface area contributed by atoms with Crippen molar-refractivity contribution in [2.75, 3.05) is 0 Å². The van der Waals surface area contributed by atoms with Gasteiger partial charge in [0.15, 0.2) is 0 Å². The van der Waals surface area contributed by atoms with Gasteiger partial charge >= 0.3 is 0 Å². The van der Waals surface area contributed by atoms with Crippen molar-refractivity contribution in [2.24, 2.45) is 0 Å². The minimum atomic E-state index is -0.0295. The predicted octanol–water partition coefficient (Wildman–Crippen LogP) is 5.71. The fraction of sp³-hybridized carbons (Fsp3) is 0.214. The summed E-state index contributed by atoms with van der Waals surface area (Å²) in [5, 5.41) is 9.66. The highest BCUT2D eigenvalue weighted by Gasteiger charge is 2.17. The van der Waals surface area contributed by atoms with Crippen LogP contribution in [0.25, 0.3) is 16.8 Å². The van der Waals surface area contributed by atoms with Crippen molar-refractivity contribution in [2.45, 2.75) is 39.5 Å². The van der Waals surface area contributed by atoms with Gasteiger partial charge in [-0.15, -0.1) is 0 Å².